The topological polar surface area (TPSA) is 101 Å². The maximum atomic E-state index is 11.3. The highest BCUT2D eigenvalue weighted by molar-refractivity contribution is 9.10. The van der Waals surface area contributed by atoms with Gasteiger partial charge in [-0.2, -0.15) is 5.10 Å². The second-order valence-electron chi connectivity index (χ2n) is 5.22. The molecule has 0 radical (unpaired) electrons. The first kappa shape index (κ1) is 16.7. The van der Waals surface area contributed by atoms with Gasteiger partial charge in [-0.15, -0.1) is 0 Å². The molecule has 1 aromatic heterocycles. The van der Waals surface area contributed by atoms with Gasteiger partial charge in [0.15, 0.2) is 0 Å². The second-order valence-corrected chi connectivity index (χ2v) is 7.63. The molecule has 0 aliphatic carbocycles. The minimum absolute atomic E-state index is 0.0857. The number of H-pyrrole nitrogens is 1. The molecule has 0 bridgehead atoms. The Bertz CT molecular complexity index is 939. The molecule has 0 aliphatic rings. The van der Waals surface area contributed by atoms with Crippen LogP contribution in [0.1, 0.15) is 5.56 Å². The number of benzene rings is 2. The Labute approximate surface area is 148 Å². The highest BCUT2D eigenvalue weighted by atomic mass is 79.9. The number of aromatic amines is 1. The van der Waals surface area contributed by atoms with Gasteiger partial charge in [0.2, 0.25) is 10.0 Å². The van der Waals surface area contributed by atoms with Crippen molar-refractivity contribution in [1.82, 2.24) is 10.2 Å². The average Bonchev–Trinajstić information content (AvgIpc) is 3.08. The Balaban J connectivity index is 1.70. The van der Waals surface area contributed by atoms with Crippen LogP contribution in [0.3, 0.4) is 0 Å². The van der Waals surface area contributed by atoms with E-state index in [1.54, 1.807) is 12.3 Å². The number of anilines is 1. The second kappa shape index (κ2) is 6.76. The number of aromatic nitrogens is 2. The fourth-order valence-corrected chi connectivity index (χ4v) is 3.45. The Morgan fingerprint density at radius 2 is 1.88 bits per heavy atom. The summed E-state index contributed by atoms with van der Waals surface area (Å²) in [5.41, 5.74) is 4.00. The van der Waals surface area contributed by atoms with Crippen molar-refractivity contribution < 1.29 is 8.42 Å². The van der Waals surface area contributed by atoms with E-state index in [4.69, 9.17) is 5.14 Å². The largest absolute Gasteiger partial charge is 0.381 e. The number of primary sulfonamides is 1. The highest BCUT2D eigenvalue weighted by Gasteiger charge is 2.10. The first-order valence-electron chi connectivity index (χ1n) is 7.08. The van der Waals surface area contributed by atoms with E-state index in [0.717, 1.165) is 22.4 Å². The summed E-state index contributed by atoms with van der Waals surface area (Å²) in [5.74, 6) is 0. The molecule has 3 aromatic rings. The van der Waals surface area contributed by atoms with Gasteiger partial charge in [0.05, 0.1) is 11.1 Å². The van der Waals surface area contributed by atoms with Crippen LogP contribution in [0.15, 0.2) is 64.2 Å². The van der Waals surface area contributed by atoms with Crippen LogP contribution in [0.2, 0.25) is 0 Å². The van der Waals surface area contributed by atoms with Gasteiger partial charge in [-0.25, -0.2) is 13.6 Å². The fraction of sp³-hybridized carbons (Fsp3) is 0.0625. The molecule has 0 saturated carbocycles. The number of rotatable bonds is 5. The number of nitrogens with zero attached hydrogens (tertiary/aromatic N) is 1. The highest BCUT2D eigenvalue weighted by Crippen LogP contribution is 2.23. The molecular weight excluding hydrogens is 392 g/mol. The zero-order valence-corrected chi connectivity index (χ0v) is 14.9. The number of hydrogen-bond donors (Lipinski definition) is 3. The van der Waals surface area contributed by atoms with E-state index in [1.165, 1.54) is 12.1 Å². The zero-order chi connectivity index (χ0) is 17.2. The van der Waals surface area contributed by atoms with Crippen molar-refractivity contribution in [2.24, 2.45) is 5.14 Å². The Hall–Kier alpha value is -2.16. The summed E-state index contributed by atoms with van der Waals surface area (Å²) in [7, 11) is -3.69. The van der Waals surface area contributed by atoms with E-state index in [-0.39, 0.29) is 4.90 Å². The molecule has 0 spiro atoms. The molecule has 124 valence electrons. The summed E-state index contributed by atoms with van der Waals surface area (Å²) in [5, 5.41) is 15.1. The molecule has 4 N–H and O–H groups in total. The summed E-state index contributed by atoms with van der Waals surface area (Å²) in [6.45, 7) is 0.552. The summed E-state index contributed by atoms with van der Waals surface area (Å²) < 4.78 is 23.4. The quantitative estimate of drug-likeness (QED) is 0.605. The Kier molecular flexibility index (Phi) is 4.70. The van der Waals surface area contributed by atoms with Crippen molar-refractivity contribution in [1.29, 1.82) is 0 Å². The molecule has 0 saturated heterocycles. The van der Waals surface area contributed by atoms with Gasteiger partial charge in [0.25, 0.3) is 0 Å². The first-order chi connectivity index (χ1) is 11.4. The van der Waals surface area contributed by atoms with Gasteiger partial charge < -0.3 is 5.32 Å². The van der Waals surface area contributed by atoms with Crippen LogP contribution in [-0.4, -0.2) is 18.6 Å². The standard InChI is InChI=1S/C16H15BrN4O2S/c17-16-7-15(24(18,22)23)6-3-12(16)8-19-14-4-1-11(2-5-14)13-9-20-21-10-13/h1-7,9-10,19H,8H2,(H,20,21)(H2,18,22,23). The predicted octanol–water partition coefficient (Wildman–Crippen LogP) is 3.10. The van der Waals surface area contributed by atoms with E-state index in [9.17, 15) is 8.42 Å². The number of sulfonamides is 1. The number of nitrogens with one attached hydrogen (secondary N) is 2. The van der Waals surface area contributed by atoms with Gasteiger partial charge in [-0.3, -0.25) is 5.10 Å². The molecule has 0 unspecified atom stereocenters. The van der Waals surface area contributed by atoms with Crippen molar-refractivity contribution in [3.63, 3.8) is 0 Å². The maximum Gasteiger partial charge on any atom is 0.238 e. The lowest BCUT2D eigenvalue weighted by atomic mass is 10.1. The molecule has 0 aliphatic heterocycles. The number of halogens is 1. The lowest BCUT2D eigenvalue weighted by molar-refractivity contribution is 0.597. The maximum absolute atomic E-state index is 11.3. The van der Waals surface area contributed by atoms with Crippen molar-refractivity contribution in [2.75, 3.05) is 5.32 Å². The Morgan fingerprint density at radius 1 is 1.12 bits per heavy atom. The van der Waals surface area contributed by atoms with E-state index in [0.29, 0.717) is 11.0 Å². The molecule has 8 heteroatoms. The molecule has 0 atom stereocenters. The molecule has 0 amide bonds. The number of hydrogen-bond acceptors (Lipinski definition) is 4. The van der Waals surface area contributed by atoms with Crippen LogP contribution in [-0.2, 0) is 16.6 Å². The molecule has 6 nitrogen and oxygen atoms in total. The molecule has 3 rings (SSSR count). The first-order valence-corrected chi connectivity index (χ1v) is 9.42. The summed E-state index contributed by atoms with van der Waals surface area (Å²) in [6, 6.07) is 12.7. The van der Waals surface area contributed by atoms with Gasteiger partial charge in [-0.1, -0.05) is 34.1 Å². The van der Waals surface area contributed by atoms with Gasteiger partial charge in [-0.05, 0) is 35.4 Å². The van der Waals surface area contributed by atoms with E-state index >= 15 is 0 Å². The monoisotopic (exact) mass is 406 g/mol. The van der Waals surface area contributed by atoms with Gasteiger partial charge >= 0.3 is 0 Å². The molecular formula is C16H15BrN4O2S. The summed E-state index contributed by atoms with van der Waals surface area (Å²) in [6.07, 6.45) is 3.61. The predicted molar refractivity (Wildman–Crippen MR) is 96.9 cm³/mol. The van der Waals surface area contributed by atoms with Crippen LogP contribution in [0.4, 0.5) is 5.69 Å². The third kappa shape index (κ3) is 3.84. The van der Waals surface area contributed by atoms with Crippen LogP contribution in [0.25, 0.3) is 11.1 Å². The molecule has 0 fully saturated rings. The Morgan fingerprint density at radius 3 is 2.46 bits per heavy atom. The normalized spacial score (nSPS) is 11.4. The average molecular weight is 407 g/mol. The molecule has 1 heterocycles. The van der Waals surface area contributed by atoms with Crippen molar-refractivity contribution in [2.45, 2.75) is 11.4 Å². The third-order valence-electron chi connectivity index (χ3n) is 3.55. The zero-order valence-electron chi connectivity index (χ0n) is 12.5. The minimum atomic E-state index is -3.69. The van der Waals surface area contributed by atoms with Crippen LogP contribution >= 0.6 is 15.9 Å². The molecule has 2 aromatic carbocycles. The lowest BCUT2D eigenvalue weighted by Crippen LogP contribution is -2.12. The third-order valence-corrected chi connectivity index (χ3v) is 5.20. The summed E-state index contributed by atoms with van der Waals surface area (Å²) in [4.78, 5) is 0.0857. The van der Waals surface area contributed by atoms with Crippen LogP contribution in [0.5, 0.6) is 0 Å². The van der Waals surface area contributed by atoms with E-state index < -0.39 is 10.0 Å². The molecule has 24 heavy (non-hydrogen) atoms. The van der Waals surface area contributed by atoms with Crippen LogP contribution in [0, 0.1) is 0 Å². The van der Waals surface area contributed by atoms with Crippen molar-refractivity contribution in [3.8, 4) is 11.1 Å². The SMILES string of the molecule is NS(=O)(=O)c1ccc(CNc2ccc(-c3cn[nH]c3)cc2)c(Br)c1. The van der Waals surface area contributed by atoms with E-state index in [1.807, 2.05) is 30.5 Å². The summed E-state index contributed by atoms with van der Waals surface area (Å²) >= 11 is 3.38. The van der Waals surface area contributed by atoms with Crippen LogP contribution < -0.4 is 10.5 Å². The smallest absolute Gasteiger partial charge is 0.238 e. The van der Waals surface area contributed by atoms with Gasteiger partial charge in [0, 0.05) is 28.5 Å². The number of nitrogens with two attached hydrogens (primary N) is 1. The fourth-order valence-electron chi connectivity index (χ4n) is 2.23. The van der Waals surface area contributed by atoms with E-state index in [2.05, 4.69) is 31.4 Å². The minimum Gasteiger partial charge on any atom is -0.381 e. The van der Waals surface area contributed by atoms with Crippen molar-refractivity contribution >= 4 is 31.6 Å². The lowest BCUT2D eigenvalue weighted by Gasteiger charge is -2.10. The van der Waals surface area contributed by atoms with Crippen molar-refractivity contribution in [3.05, 3.63) is 64.9 Å². The van der Waals surface area contributed by atoms with Gasteiger partial charge in [0.1, 0.15) is 0 Å².